The summed E-state index contributed by atoms with van der Waals surface area (Å²) in [6.07, 6.45) is 0. The molecule has 4 heteroatoms. The molecular formula is C19H24FN3. The van der Waals surface area contributed by atoms with Crippen LogP contribution in [0.2, 0.25) is 0 Å². The second-order valence-corrected chi connectivity index (χ2v) is 5.91. The highest BCUT2D eigenvalue weighted by Gasteiger charge is 2.15. The molecule has 1 N–H and O–H groups in total. The van der Waals surface area contributed by atoms with E-state index in [0.717, 1.165) is 38.4 Å². The zero-order chi connectivity index (χ0) is 16.1. The number of likely N-dealkylation sites (N-methyl/N-ethyl adjacent to an activating group) is 1. The minimum Gasteiger partial charge on any atom is -0.381 e. The van der Waals surface area contributed by atoms with E-state index < -0.39 is 0 Å². The molecule has 1 saturated heterocycles. The minimum atomic E-state index is -0.162. The largest absolute Gasteiger partial charge is 0.381 e. The van der Waals surface area contributed by atoms with E-state index >= 15 is 0 Å². The minimum absolute atomic E-state index is 0.162. The van der Waals surface area contributed by atoms with Crippen molar-refractivity contribution in [2.45, 2.75) is 13.5 Å². The van der Waals surface area contributed by atoms with Crippen molar-refractivity contribution in [1.29, 1.82) is 0 Å². The van der Waals surface area contributed by atoms with Crippen LogP contribution in [0.1, 0.15) is 12.5 Å². The topological polar surface area (TPSA) is 18.5 Å². The van der Waals surface area contributed by atoms with E-state index in [1.54, 1.807) is 6.07 Å². The fourth-order valence-electron chi connectivity index (χ4n) is 2.95. The number of benzene rings is 2. The van der Waals surface area contributed by atoms with Crippen LogP contribution in [-0.2, 0) is 6.54 Å². The summed E-state index contributed by atoms with van der Waals surface area (Å²) in [7, 11) is 0. The Bertz CT molecular complexity index is 619. The quantitative estimate of drug-likeness (QED) is 0.910. The molecule has 0 amide bonds. The van der Waals surface area contributed by atoms with Crippen LogP contribution in [0.5, 0.6) is 0 Å². The van der Waals surface area contributed by atoms with E-state index in [1.807, 2.05) is 12.1 Å². The van der Waals surface area contributed by atoms with E-state index in [-0.39, 0.29) is 5.82 Å². The summed E-state index contributed by atoms with van der Waals surface area (Å²) in [4.78, 5) is 4.90. The lowest BCUT2D eigenvalue weighted by Gasteiger charge is -2.35. The molecule has 0 bridgehead atoms. The van der Waals surface area contributed by atoms with Crippen molar-refractivity contribution in [3.63, 3.8) is 0 Å². The number of hydrogen-bond acceptors (Lipinski definition) is 3. The third kappa shape index (κ3) is 4.02. The van der Waals surface area contributed by atoms with E-state index in [0.29, 0.717) is 12.1 Å². The van der Waals surface area contributed by atoms with Gasteiger partial charge in [0, 0.05) is 49.7 Å². The molecule has 0 radical (unpaired) electrons. The Morgan fingerprint density at radius 2 is 1.65 bits per heavy atom. The van der Waals surface area contributed by atoms with Crippen LogP contribution in [0.4, 0.5) is 15.8 Å². The summed E-state index contributed by atoms with van der Waals surface area (Å²) in [5.74, 6) is -0.162. The molecule has 1 heterocycles. The Morgan fingerprint density at radius 1 is 0.957 bits per heavy atom. The van der Waals surface area contributed by atoms with Crippen LogP contribution >= 0.6 is 0 Å². The summed E-state index contributed by atoms with van der Waals surface area (Å²) >= 11 is 0. The van der Waals surface area contributed by atoms with Gasteiger partial charge in [0.05, 0.1) is 0 Å². The van der Waals surface area contributed by atoms with Gasteiger partial charge >= 0.3 is 0 Å². The normalized spacial score (nSPS) is 15.7. The molecule has 0 saturated carbocycles. The average molecular weight is 313 g/mol. The van der Waals surface area contributed by atoms with E-state index in [2.05, 4.69) is 46.3 Å². The lowest BCUT2D eigenvalue weighted by Crippen LogP contribution is -2.46. The van der Waals surface area contributed by atoms with Gasteiger partial charge in [-0.15, -0.1) is 0 Å². The highest BCUT2D eigenvalue weighted by atomic mass is 19.1. The molecule has 1 aliphatic rings. The Labute approximate surface area is 137 Å². The van der Waals surface area contributed by atoms with Crippen LogP contribution in [0.3, 0.4) is 0 Å². The molecule has 1 fully saturated rings. The number of nitrogens with one attached hydrogen (secondary N) is 1. The van der Waals surface area contributed by atoms with Crippen molar-refractivity contribution in [1.82, 2.24) is 4.90 Å². The summed E-state index contributed by atoms with van der Waals surface area (Å²) in [6.45, 7) is 8.26. The molecule has 23 heavy (non-hydrogen) atoms. The number of rotatable bonds is 5. The Morgan fingerprint density at radius 3 is 2.30 bits per heavy atom. The Kier molecular flexibility index (Phi) is 5.13. The van der Waals surface area contributed by atoms with Gasteiger partial charge in [0.2, 0.25) is 0 Å². The summed E-state index contributed by atoms with van der Waals surface area (Å²) < 4.78 is 13.6. The van der Waals surface area contributed by atoms with E-state index in [1.165, 1.54) is 11.8 Å². The van der Waals surface area contributed by atoms with Crippen molar-refractivity contribution < 1.29 is 4.39 Å². The number of hydrogen-bond donors (Lipinski definition) is 1. The van der Waals surface area contributed by atoms with Crippen LogP contribution in [0.25, 0.3) is 0 Å². The molecule has 0 aliphatic carbocycles. The predicted molar refractivity (Wildman–Crippen MR) is 94.5 cm³/mol. The van der Waals surface area contributed by atoms with E-state index in [9.17, 15) is 4.39 Å². The van der Waals surface area contributed by atoms with Gasteiger partial charge in [0.15, 0.2) is 0 Å². The van der Waals surface area contributed by atoms with Gasteiger partial charge in [-0.25, -0.2) is 4.39 Å². The zero-order valence-corrected chi connectivity index (χ0v) is 13.6. The van der Waals surface area contributed by atoms with Crippen molar-refractivity contribution in [3.8, 4) is 0 Å². The molecule has 3 rings (SSSR count). The van der Waals surface area contributed by atoms with Gasteiger partial charge in [-0.05, 0) is 36.9 Å². The maximum atomic E-state index is 13.6. The third-order valence-corrected chi connectivity index (χ3v) is 4.49. The average Bonchev–Trinajstić information content (AvgIpc) is 2.62. The second kappa shape index (κ2) is 7.47. The number of anilines is 2. The van der Waals surface area contributed by atoms with Crippen molar-refractivity contribution in [3.05, 3.63) is 59.9 Å². The zero-order valence-electron chi connectivity index (χ0n) is 13.6. The van der Waals surface area contributed by atoms with Gasteiger partial charge in [-0.1, -0.05) is 25.1 Å². The SMILES string of the molecule is CCN1CCN(c2ccc(NCc3ccccc3F)cc2)CC1. The predicted octanol–water partition coefficient (Wildman–Crippen LogP) is 3.58. The maximum Gasteiger partial charge on any atom is 0.128 e. The number of halogens is 1. The molecule has 122 valence electrons. The fourth-order valence-corrected chi connectivity index (χ4v) is 2.95. The van der Waals surface area contributed by atoms with Crippen LogP contribution < -0.4 is 10.2 Å². The number of piperazine rings is 1. The third-order valence-electron chi connectivity index (χ3n) is 4.49. The van der Waals surface area contributed by atoms with Crippen LogP contribution in [-0.4, -0.2) is 37.6 Å². The highest BCUT2D eigenvalue weighted by molar-refractivity contribution is 5.55. The first kappa shape index (κ1) is 15.8. The van der Waals surface area contributed by atoms with Crippen molar-refractivity contribution in [2.24, 2.45) is 0 Å². The molecule has 0 atom stereocenters. The molecule has 0 unspecified atom stereocenters. The smallest absolute Gasteiger partial charge is 0.128 e. The lowest BCUT2D eigenvalue weighted by atomic mass is 10.2. The van der Waals surface area contributed by atoms with Crippen LogP contribution in [0, 0.1) is 5.82 Å². The first-order chi connectivity index (χ1) is 11.3. The highest BCUT2D eigenvalue weighted by Crippen LogP contribution is 2.20. The summed E-state index contributed by atoms with van der Waals surface area (Å²) in [5.41, 5.74) is 2.97. The summed E-state index contributed by atoms with van der Waals surface area (Å²) in [6, 6.07) is 15.3. The lowest BCUT2D eigenvalue weighted by molar-refractivity contribution is 0.271. The van der Waals surface area contributed by atoms with Gasteiger partial charge in [-0.3, -0.25) is 0 Å². The van der Waals surface area contributed by atoms with Gasteiger partial charge < -0.3 is 15.1 Å². The maximum absolute atomic E-state index is 13.6. The number of nitrogens with zero attached hydrogens (tertiary/aromatic N) is 2. The van der Waals surface area contributed by atoms with E-state index in [4.69, 9.17) is 0 Å². The van der Waals surface area contributed by atoms with Gasteiger partial charge in [-0.2, -0.15) is 0 Å². The van der Waals surface area contributed by atoms with Crippen molar-refractivity contribution >= 4 is 11.4 Å². The molecule has 0 spiro atoms. The van der Waals surface area contributed by atoms with Gasteiger partial charge in [0.25, 0.3) is 0 Å². The standard InChI is InChI=1S/C19H24FN3/c1-2-22-11-13-23(14-12-22)18-9-7-17(8-10-18)21-15-16-5-3-4-6-19(16)20/h3-10,21H,2,11-15H2,1H3. The molecule has 0 aromatic heterocycles. The van der Waals surface area contributed by atoms with Crippen molar-refractivity contribution in [2.75, 3.05) is 42.9 Å². The molecule has 2 aromatic rings. The Balaban J connectivity index is 1.56. The van der Waals surface area contributed by atoms with Gasteiger partial charge in [0.1, 0.15) is 5.82 Å². The molecule has 3 nitrogen and oxygen atoms in total. The first-order valence-electron chi connectivity index (χ1n) is 8.31. The van der Waals surface area contributed by atoms with Crippen LogP contribution in [0.15, 0.2) is 48.5 Å². The molecular weight excluding hydrogens is 289 g/mol. The summed E-state index contributed by atoms with van der Waals surface area (Å²) in [5, 5.41) is 3.28. The first-order valence-corrected chi connectivity index (χ1v) is 8.31. The monoisotopic (exact) mass is 313 g/mol. The Hall–Kier alpha value is -2.07. The fraction of sp³-hybridized carbons (Fsp3) is 0.368. The second-order valence-electron chi connectivity index (χ2n) is 5.91. The molecule has 2 aromatic carbocycles. The molecule has 1 aliphatic heterocycles.